The van der Waals surface area contributed by atoms with Crippen LogP contribution in [-0.4, -0.2) is 9.78 Å². The first-order valence-corrected chi connectivity index (χ1v) is 7.57. The van der Waals surface area contributed by atoms with Gasteiger partial charge in [-0.1, -0.05) is 30.3 Å². The molecule has 0 unspecified atom stereocenters. The highest BCUT2D eigenvalue weighted by Gasteiger charge is 2.35. The Bertz CT molecular complexity index is 796. The van der Waals surface area contributed by atoms with Gasteiger partial charge in [0.15, 0.2) is 5.69 Å². The molecule has 0 fully saturated rings. The van der Waals surface area contributed by atoms with Crippen LogP contribution in [0, 0.1) is 0 Å². The lowest BCUT2D eigenvalue weighted by Gasteiger charge is -2.08. The lowest BCUT2D eigenvalue weighted by Crippen LogP contribution is -2.07. The zero-order chi connectivity index (χ0) is 16.4. The first-order chi connectivity index (χ1) is 11.0. The van der Waals surface area contributed by atoms with Crippen LogP contribution in [0.3, 0.4) is 0 Å². The van der Waals surface area contributed by atoms with Gasteiger partial charge in [0.2, 0.25) is 0 Å². The lowest BCUT2D eigenvalue weighted by atomic mass is 10.1. The summed E-state index contributed by atoms with van der Waals surface area (Å²) >= 11 is 1.07. The molecule has 1 aromatic heterocycles. The predicted octanol–water partition coefficient (Wildman–Crippen LogP) is 4.52. The Kier molecular flexibility index (Phi) is 4.14. The van der Waals surface area contributed by atoms with Gasteiger partial charge in [-0.25, -0.2) is 4.68 Å². The van der Waals surface area contributed by atoms with E-state index in [1.54, 1.807) is 48.5 Å². The fourth-order valence-corrected chi connectivity index (χ4v) is 2.49. The molecule has 0 spiro atoms. The summed E-state index contributed by atoms with van der Waals surface area (Å²) in [5.74, 6) is 0. The number of hydrogen-bond donors (Lipinski definition) is 1. The number of aromatic nitrogens is 2. The molecule has 3 rings (SSSR count). The summed E-state index contributed by atoms with van der Waals surface area (Å²) in [5, 5.41) is 9.20. The second kappa shape index (κ2) is 6.10. The van der Waals surface area contributed by atoms with E-state index in [4.69, 9.17) is 5.14 Å². The van der Waals surface area contributed by atoms with Gasteiger partial charge >= 0.3 is 6.18 Å². The molecule has 0 amide bonds. The van der Waals surface area contributed by atoms with Gasteiger partial charge in [0, 0.05) is 10.5 Å². The van der Waals surface area contributed by atoms with Crippen LogP contribution in [0.2, 0.25) is 0 Å². The number of benzene rings is 2. The van der Waals surface area contributed by atoms with E-state index in [1.165, 1.54) is 4.68 Å². The minimum Gasteiger partial charge on any atom is -0.274 e. The molecule has 23 heavy (non-hydrogen) atoms. The normalized spacial score (nSPS) is 11.7. The van der Waals surface area contributed by atoms with E-state index in [1.807, 2.05) is 6.07 Å². The van der Waals surface area contributed by atoms with Gasteiger partial charge in [0.25, 0.3) is 0 Å². The molecule has 3 nitrogen and oxygen atoms in total. The van der Waals surface area contributed by atoms with Crippen molar-refractivity contribution >= 4 is 11.9 Å². The average molecular weight is 335 g/mol. The zero-order valence-electron chi connectivity index (χ0n) is 11.8. The Morgan fingerprint density at radius 3 is 2.17 bits per heavy atom. The number of alkyl halides is 3. The van der Waals surface area contributed by atoms with Crippen molar-refractivity contribution in [1.82, 2.24) is 9.78 Å². The molecular formula is C16H12F3N3S. The first kappa shape index (κ1) is 15.6. The van der Waals surface area contributed by atoms with Crippen LogP contribution >= 0.6 is 11.9 Å². The number of rotatable bonds is 3. The van der Waals surface area contributed by atoms with Crippen molar-refractivity contribution in [1.29, 1.82) is 0 Å². The number of hydrogen-bond acceptors (Lipinski definition) is 3. The molecular weight excluding hydrogens is 323 g/mol. The number of halogens is 3. The maximum atomic E-state index is 13.0. The molecule has 0 aliphatic rings. The standard InChI is InChI=1S/C16H12F3N3S/c17-16(18,19)15-10-14(11-4-2-1-3-5-11)22(21-15)12-6-8-13(23-20)9-7-12/h1-10H,20H2. The second-order valence-electron chi connectivity index (χ2n) is 4.80. The third-order valence-electron chi connectivity index (χ3n) is 3.29. The van der Waals surface area contributed by atoms with E-state index >= 15 is 0 Å². The fraction of sp³-hybridized carbons (Fsp3) is 0.0625. The van der Waals surface area contributed by atoms with Gasteiger partial charge in [-0.05, 0) is 42.3 Å². The molecule has 0 radical (unpaired) electrons. The molecule has 118 valence electrons. The average Bonchev–Trinajstić information content (AvgIpc) is 3.01. The molecule has 0 aliphatic carbocycles. The summed E-state index contributed by atoms with van der Waals surface area (Å²) in [6.45, 7) is 0. The van der Waals surface area contributed by atoms with Crippen molar-refractivity contribution < 1.29 is 13.2 Å². The van der Waals surface area contributed by atoms with Gasteiger partial charge in [-0.3, -0.25) is 5.14 Å². The summed E-state index contributed by atoms with van der Waals surface area (Å²) < 4.78 is 40.4. The highest BCUT2D eigenvalue weighted by atomic mass is 32.2. The van der Waals surface area contributed by atoms with E-state index in [0.29, 0.717) is 16.9 Å². The maximum absolute atomic E-state index is 13.0. The predicted molar refractivity (Wildman–Crippen MR) is 84.0 cm³/mol. The van der Waals surface area contributed by atoms with Gasteiger partial charge in [0.1, 0.15) is 0 Å². The van der Waals surface area contributed by atoms with Crippen LogP contribution in [0.5, 0.6) is 0 Å². The van der Waals surface area contributed by atoms with Crippen LogP contribution in [0.25, 0.3) is 16.9 Å². The van der Waals surface area contributed by atoms with E-state index in [2.05, 4.69) is 5.10 Å². The van der Waals surface area contributed by atoms with E-state index in [-0.39, 0.29) is 0 Å². The Morgan fingerprint density at radius 2 is 1.61 bits per heavy atom. The Balaban J connectivity index is 2.15. The quantitative estimate of drug-likeness (QED) is 0.716. The molecule has 2 N–H and O–H groups in total. The summed E-state index contributed by atoms with van der Waals surface area (Å²) in [6, 6.07) is 16.8. The van der Waals surface area contributed by atoms with Crippen LogP contribution in [0.15, 0.2) is 65.6 Å². The molecule has 0 bridgehead atoms. The highest BCUT2D eigenvalue weighted by Crippen LogP contribution is 2.33. The van der Waals surface area contributed by atoms with Crippen LogP contribution in [0.1, 0.15) is 5.69 Å². The van der Waals surface area contributed by atoms with Crippen molar-refractivity contribution in [3.8, 4) is 16.9 Å². The fourth-order valence-electron chi connectivity index (χ4n) is 2.20. The number of nitrogens with two attached hydrogens (primary N) is 1. The lowest BCUT2D eigenvalue weighted by molar-refractivity contribution is -0.141. The largest absolute Gasteiger partial charge is 0.435 e. The number of nitrogens with zero attached hydrogens (tertiary/aromatic N) is 2. The Labute approximate surface area is 135 Å². The minimum absolute atomic E-state index is 0.381. The molecule has 1 heterocycles. The highest BCUT2D eigenvalue weighted by molar-refractivity contribution is 7.97. The monoisotopic (exact) mass is 335 g/mol. The smallest absolute Gasteiger partial charge is 0.274 e. The van der Waals surface area contributed by atoms with Crippen LogP contribution in [-0.2, 0) is 6.18 Å². The Hall–Kier alpha value is -2.25. The summed E-state index contributed by atoms with van der Waals surface area (Å²) in [7, 11) is 0. The third-order valence-corrected chi connectivity index (χ3v) is 3.83. The molecule has 7 heteroatoms. The van der Waals surface area contributed by atoms with Gasteiger partial charge in [0.05, 0.1) is 11.4 Å². The molecule has 3 aromatic rings. The summed E-state index contributed by atoms with van der Waals surface area (Å²) in [6.07, 6.45) is -4.50. The van der Waals surface area contributed by atoms with Gasteiger partial charge in [-0.2, -0.15) is 18.3 Å². The molecule has 0 saturated heterocycles. The molecule has 0 saturated carbocycles. The molecule has 0 aliphatic heterocycles. The molecule has 2 aromatic carbocycles. The zero-order valence-corrected chi connectivity index (χ0v) is 12.6. The van der Waals surface area contributed by atoms with Crippen LogP contribution in [0.4, 0.5) is 13.2 Å². The van der Waals surface area contributed by atoms with Crippen molar-refractivity contribution in [3.63, 3.8) is 0 Å². The van der Waals surface area contributed by atoms with E-state index < -0.39 is 11.9 Å². The minimum atomic E-state index is -4.50. The van der Waals surface area contributed by atoms with Crippen molar-refractivity contribution in [2.45, 2.75) is 11.1 Å². The molecule has 0 atom stereocenters. The Morgan fingerprint density at radius 1 is 0.957 bits per heavy atom. The maximum Gasteiger partial charge on any atom is 0.435 e. The van der Waals surface area contributed by atoms with Crippen molar-refractivity contribution in [3.05, 3.63) is 66.4 Å². The topological polar surface area (TPSA) is 43.8 Å². The van der Waals surface area contributed by atoms with Crippen molar-refractivity contribution in [2.24, 2.45) is 5.14 Å². The van der Waals surface area contributed by atoms with E-state index in [0.717, 1.165) is 22.9 Å². The van der Waals surface area contributed by atoms with Crippen LogP contribution < -0.4 is 5.14 Å². The van der Waals surface area contributed by atoms with Crippen molar-refractivity contribution in [2.75, 3.05) is 0 Å². The van der Waals surface area contributed by atoms with E-state index in [9.17, 15) is 13.2 Å². The summed E-state index contributed by atoms with van der Waals surface area (Å²) in [4.78, 5) is 0.818. The summed E-state index contributed by atoms with van der Waals surface area (Å²) in [5.41, 5.74) is 0.657. The van der Waals surface area contributed by atoms with Gasteiger partial charge < -0.3 is 0 Å². The second-order valence-corrected chi connectivity index (χ2v) is 5.51. The third kappa shape index (κ3) is 3.25. The van der Waals surface area contributed by atoms with Gasteiger partial charge in [-0.15, -0.1) is 0 Å². The first-order valence-electron chi connectivity index (χ1n) is 6.69. The SMILES string of the molecule is NSc1ccc(-n2nc(C(F)(F)F)cc2-c2ccccc2)cc1.